The quantitative estimate of drug-likeness (QED) is 0.413. The number of methoxy groups -OCH3 is 1. The summed E-state index contributed by atoms with van der Waals surface area (Å²) in [6.07, 6.45) is 3.34. The highest BCUT2D eigenvalue weighted by Crippen LogP contribution is 2.42. The molecule has 0 spiro atoms. The van der Waals surface area contributed by atoms with E-state index in [1.54, 1.807) is 13.3 Å². The second kappa shape index (κ2) is 9.01. The van der Waals surface area contributed by atoms with Crippen LogP contribution in [0.25, 0.3) is 20.4 Å². The molecule has 1 unspecified atom stereocenters. The van der Waals surface area contributed by atoms with Crippen molar-refractivity contribution in [3.63, 3.8) is 0 Å². The SMILES string of the molecule is COc1cccc2c1N1CCN(CCCCn3c(=O)[nH]c4c(sc5cccnc54)c3=O)CC1CO2. The van der Waals surface area contributed by atoms with E-state index in [1.807, 2.05) is 30.3 Å². The predicted molar refractivity (Wildman–Crippen MR) is 137 cm³/mol. The number of pyridine rings is 1. The van der Waals surface area contributed by atoms with Gasteiger partial charge in [-0.1, -0.05) is 6.07 Å². The number of piperazine rings is 1. The lowest BCUT2D eigenvalue weighted by molar-refractivity contribution is 0.163. The van der Waals surface area contributed by atoms with Gasteiger partial charge in [-0.2, -0.15) is 0 Å². The zero-order valence-corrected chi connectivity index (χ0v) is 20.3. The molecule has 0 radical (unpaired) electrons. The summed E-state index contributed by atoms with van der Waals surface area (Å²) < 4.78 is 14.4. The first-order valence-corrected chi connectivity index (χ1v) is 12.7. The number of thiophene rings is 1. The highest BCUT2D eigenvalue weighted by molar-refractivity contribution is 7.25. The number of H-pyrrole nitrogens is 1. The summed E-state index contributed by atoms with van der Waals surface area (Å²) in [6, 6.07) is 9.97. The number of aromatic amines is 1. The number of para-hydroxylation sites is 1. The number of anilines is 1. The largest absolute Gasteiger partial charge is 0.494 e. The zero-order chi connectivity index (χ0) is 23.9. The summed E-state index contributed by atoms with van der Waals surface area (Å²) in [5.41, 5.74) is 1.68. The molecular formula is C25H27N5O4S. The molecule has 3 aromatic heterocycles. The number of nitrogens with one attached hydrogen (secondary N) is 1. The summed E-state index contributed by atoms with van der Waals surface area (Å²) in [7, 11) is 1.70. The average molecular weight is 494 g/mol. The molecule has 9 nitrogen and oxygen atoms in total. The summed E-state index contributed by atoms with van der Waals surface area (Å²) in [6.45, 7) is 4.77. The maximum absolute atomic E-state index is 13.0. The van der Waals surface area contributed by atoms with Crippen LogP contribution >= 0.6 is 11.3 Å². The Hall–Kier alpha value is -3.37. The Bertz CT molecular complexity index is 1500. The molecule has 10 heteroatoms. The Morgan fingerprint density at radius 2 is 2.06 bits per heavy atom. The van der Waals surface area contributed by atoms with Gasteiger partial charge in [-0.25, -0.2) is 4.79 Å². The van der Waals surface area contributed by atoms with Crippen molar-refractivity contribution in [2.24, 2.45) is 0 Å². The predicted octanol–water partition coefficient (Wildman–Crippen LogP) is 2.67. The average Bonchev–Trinajstić information content (AvgIpc) is 3.26. The smallest absolute Gasteiger partial charge is 0.328 e. The van der Waals surface area contributed by atoms with Crippen molar-refractivity contribution < 1.29 is 9.47 Å². The number of rotatable bonds is 6. The van der Waals surface area contributed by atoms with Gasteiger partial charge in [-0.05, 0) is 43.7 Å². The lowest BCUT2D eigenvalue weighted by Crippen LogP contribution is -2.57. The first-order valence-electron chi connectivity index (χ1n) is 11.9. The third-order valence-corrected chi connectivity index (χ3v) is 8.07. The number of fused-ring (bicyclic) bond motifs is 6. The Morgan fingerprint density at radius 3 is 2.94 bits per heavy atom. The van der Waals surface area contributed by atoms with Crippen LogP contribution in [-0.4, -0.2) is 65.4 Å². The van der Waals surface area contributed by atoms with E-state index in [0.717, 1.165) is 60.9 Å². The Kier molecular flexibility index (Phi) is 5.69. The maximum atomic E-state index is 13.0. The van der Waals surface area contributed by atoms with Crippen LogP contribution in [0, 0.1) is 0 Å². The first-order chi connectivity index (χ1) is 17.1. The van der Waals surface area contributed by atoms with E-state index in [4.69, 9.17) is 9.47 Å². The molecule has 0 amide bonds. The summed E-state index contributed by atoms with van der Waals surface area (Å²) >= 11 is 1.38. The number of ether oxygens (including phenoxy) is 2. The fourth-order valence-corrected chi connectivity index (χ4v) is 6.27. The van der Waals surface area contributed by atoms with Crippen molar-refractivity contribution in [1.29, 1.82) is 0 Å². The topological polar surface area (TPSA) is 92.7 Å². The van der Waals surface area contributed by atoms with Crippen LogP contribution in [0.2, 0.25) is 0 Å². The van der Waals surface area contributed by atoms with Gasteiger partial charge in [0.1, 0.15) is 34.0 Å². The van der Waals surface area contributed by atoms with Gasteiger partial charge in [0, 0.05) is 32.4 Å². The Labute approximate surface area is 205 Å². The van der Waals surface area contributed by atoms with Gasteiger partial charge < -0.3 is 19.4 Å². The highest BCUT2D eigenvalue weighted by Gasteiger charge is 2.34. The monoisotopic (exact) mass is 493 g/mol. The maximum Gasteiger partial charge on any atom is 0.328 e. The van der Waals surface area contributed by atoms with Crippen LogP contribution in [0.5, 0.6) is 11.5 Å². The molecule has 182 valence electrons. The van der Waals surface area contributed by atoms with Gasteiger partial charge in [-0.15, -0.1) is 11.3 Å². The van der Waals surface area contributed by atoms with E-state index in [-0.39, 0.29) is 17.3 Å². The van der Waals surface area contributed by atoms with Crippen LogP contribution in [-0.2, 0) is 6.54 Å². The molecule has 2 aliphatic rings. The Morgan fingerprint density at radius 1 is 1.17 bits per heavy atom. The number of hydrogen-bond acceptors (Lipinski definition) is 8. The van der Waals surface area contributed by atoms with Gasteiger partial charge in [0.2, 0.25) is 0 Å². The van der Waals surface area contributed by atoms with Crippen LogP contribution in [0.3, 0.4) is 0 Å². The molecule has 0 saturated carbocycles. The summed E-state index contributed by atoms with van der Waals surface area (Å²) in [4.78, 5) is 37.7. The Balaban J connectivity index is 1.09. The van der Waals surface area contributed by atoms with Crippen molar-refractivity contribution in [2.45, 2.75) is 25.4 Å². The minimum atomic E-state index is -0.367. The highest BCUT2D eigenvalue weighted by atomic mass is 32.1. The normalized spacial score (nSPS) is 17.9. The van der Waals surface area contributed by atoms with Crippen LogP contribution in [0.4, 0.5) is 5.69 Å². The molecule has 0 aliphatic carbocycles. The van der Waals surface area contributed by atoms with E-state index in [2.05, 4.69) is 19.8 Å². The van der Waals surface area contributed by atoms with Crippen molar-refractivity contribution in [3.8, 4) is 11.5 Å². The molecule has 2 aliphatic heterocycles. The minimum absolute atomic E-state index is 0.229. The van der Waals surface area contributed by atoms with E-state index in [0.29, 0.717) is 28.9 Å². The third-order valence-electron chi connectivity index (χ3n) is 6.94. The fraction of sp³-hybridized carbons (Fsp3) is 0.400. The molecule has 4 aromatic rings. The van der Waals surface area contributed by atoms with Crippen LogP contribution < -0.4 is 25.6 Å². The standard InChI is InChI=1S/C25H27N5O4S/c1-33-17-6-4-7-18-22(17)29-13-12-28(14-16(29)15-34-18)10-2-3-11-30-24(31)23-21(27-25(30)32)20-19(35-23)8-5-9-26-20/h4-9,16H,2-3,10-15H2,1H3,(H,27,32). The summed E-state index contributed by atoms with van der Waals surface area (Å²) in [5, 5.41) is 0. The van der Waals surface area contributed by atoms with Gasteiger partial charge >= 0.3 is 5.69 Å². The number of hydrogen-bond donors (Lipinski definition) is 1. The van der Waals surface area contributed by atoms with E-state index in [1.165, 1.54) is 15.9 Å². The number of benzene rings is 1. The number of unbranched alkanes of at least 4 members (excludes halogenated alkanes) is 1. The van der Waals surface area contributed by atoms with Crippen molar-refractivity contribution in [2.75, 3.05) is 44.8 Å². The molecular weight excluding hydrogens is 466 g/mol. The molecule has 1 N–H and O–H groups in total. The van der Waals surface area contributed by atoms with E-state index in [9.17, 15) is 9.59 Å². The fourth-order valence-electron chi connectivity index (χ4n) is 5.21. The molecule has 0 bridgehead atoms. The molecule has 1 fully saturated rings. The second-order valence-electron chi connectivity index (χ2n) is 9.02. The van der Waals surface area contributed by atoms with Gasteiger partial charge in [0.15, 0.2) is 0 Å². The molecule has 6 rings (SSSR count). The number of aromatic nitrogens is 3. The van der Waals surface area contributed by atoms with Crippen molar-refractivity contribution >= 4 is 37.5 Å². The molecule has 1 saturated heterocycles. The van der Waals surface area contributed by atoms with Crippen LogP contribution in [0.15, 0.2) is 46.1 Å². The molecule has 5 heterocycles. The molecule has 35 heavy (non-hydrogen) atoms. The van der Waals surface area contributed by atoms with Crippen LogP contribution in [0.1, 0.15) is 12.8 Å². The molecule has 1 atom stereocenters. The molecule has 1 aromatic carbocycles. The van der Waals surface area contributed by atoms with E-state index < -0.39 is 0 Å². The zero-order valence-electron chi connectivity index (χ0n) is 19.5. The van der Waals surface area contributed by atoms with Crippen molar-refractivity contribution in [1.82, 2.24) is 19.4 Å². The lowest BCUT2D eigenvalue weighted by atomic mass is 10.1. The third kappa shape index (κ3) is 3.86. The number of nitrogens with zero attached hydrogens (tertiary/aromatic N) is 4. The van der Waals surface area contributed by atoms with Crippen molar-refractivity contribution in [3.05, 3.63) is 57.4 Å². The minimum Gasteiger partial charge on any atom is -0.494 e. The van der Waals surface area contributed by atoms with Gasteiger partial charge in [0.25, 0.3) is 5.56 Å². The van der Waals surface area contributed by atoms with E-state index >= 15 is 0 Å². The van der Waals surface area contributed by atoms with Gasteiger partial charge in [-0.3, -0.25) is 19.2 Å². The lowest BCUT2D eigenvalue weighted by Gasteiger charge is -2.46. The summed E-state index contributed by atoms with van der Waals surface area (Å²) in [5.74, 6) is 1.74. The second-order valence-corrected chi connectivity index (χ2v) is 10.1. The first kappa shape index (κ1) is 22.1. The van der Waals surface area contributed by atoms with Gasteiger partial charge in [0.05, 0.1) is 23.4 Å².